The number of ketones is 1. The average molecular weight is 141 g/mol. The van der Waals surface area contributed by atoms with Gasteiger partial charge in [-0.2, -0.15) is 0 Å². The summed E-state index contributed by atoms with van der Waals surface area (Å²) >= 11 is 0. The SMILES string of the molecule is CC(=O)[C@H](N)C1CCCC1. The monoisotopic (exact) mass is 141 g/mol. The van der Waals surface area contributed by atoms with Crippen LogP contribution in [0, 0.1) is 5.92 Å². The Hall–Kier alpha value is -0.370. The van der Waals surface area contributed by atoms with Gasteiger partial charge >= 0.3 is 0 Å². The van der Waals surface area contributed by atoms with Gasteiger partial charge in [0.15, 0.2) is 0 Å². The molecule has 1 atom stereocenters. The van der Waals surface area contributed by atoms with Gasteiger partial charge in [0.2, 0.25) is 0 Å². The van der Waals surface area contributed by atoms with Crippen molar-refractivity contribution < 1.29 is 4.79 Å². The molecular formula is C8H15NO. The first kappa shape index (κ1) is 7.73. The summed E-state index contributed by atoms with van der Waals surface area (Å²) < 4.78 is 0. The highest BCUT2D eigenvalue weighted by Gasteiger charge is 2.24. The summed E-state index contributed by atoms with van der Waals surface area (Å²) in [4.78, 5) is 10.8. The van der Waals surface area contributed by atoms with E-state index in [1.54, 1.807) is 6.92 Å². The van der Waals surface area contributed by atoms with Crippen molar-refractivity contribution in [1.82, 2.24) is 0 Å². The summed E-state index contributed by atoms with van der Waals surface area (Å²) in [6.07, 6.45) is 4.82. The molecule has 1 rings (SSSR count). The molecular weight excluding hydrogens is 126 g/mol. The van der Waals surface area contributed by atoms with Gasteiger partial charge in [-0.25, -0.2) is 0 Å². The predicted octanol–water partition coefficient (Wildman–Crippen LogP) is 1.09. The van der Waals surface area contributed by atoms with Crippen LogP contribution in [0.3, 0.4) is 0 Å². The van der Waals surface area contributed by atoms with E-state index in [1.165, 1.54) is 12.8 Å². The van der Waals surface area contributed by atoms with Gasteiger partial charge in [-0.1, -0.05) is 12.8 Å². The van der Waals surface area contributed by atoms with Crippen molar-refractivity contribution in [3.05, 3.63) is 0 Å². The second-order valence-electron chi connectivity index (χ2n) is 3.18. The lowest BCUT2D eigenvalue weighted by atomic mass is 9.96. The smallest absolute Gasteiger partial charge is 0.146 e. The lowest BCUT2D eigenvalue weighted by Crippen LogP contribution is -2.35. The molecule has 0 heterocycles. The van der Waals surface area contributed by atoms with Crippen molar-refractivity contribution in [2.75, 3.05) is 0 Å². The Morgan fingerprint density at radius 3 is 2.40 bits per heavy atom. The molecule has 0 aromatic heterocycles. The van der Waals surface area contributed by atoms with E-state index >= 15 is 0 Å². The highest BCUT2D eigenvalue weighted by atomic mass is 16.1. The molecule has 1 saturated carbocycles. The van der Waals surface area contributed by atoms with Gasteiger partial charge in [-0.05, 0) is 25.7 Å². The summed E-state index contributed by atoms with van der Waals surface area (Å²) in [5.41, 5.74) is 5.67. The third-order valence-corrected chi connectivity index (χ3v) is 2.38. The van der Waals surface area contributed by atoms with Gasteiger partial charge in [0.05, 0.1) is 6.04 Å². The van der Waals surface area contributed by atoms with Gasteiger partial charge in [-0.3, -0.25) is 4.79 Å². The molecule has 1 aliphatic rings. The number of Topliss-reactive ketones (excluding diaryl/α,β-unsaturated/α-hetero) is 1. The fraction of sp³-hybridized carbons (Fsp3) is 0.875. The van der Waals surface area contributed by atoms with Crippen LogP contribution in [0.4, 0.5) is 0 Å². The first-order valence-electron chi connectivity index (χ1n) is 3.98. The Kier molecular flexibility index (Phi) is 2.44. The lowest BCUT2D eigenvalue weighted by molar-refractivity contribution is -0.119. The molecule has 2 heteroatoms. The number of nitrogens with two attached hydrogens (primary N) is 1. The molecule has 1 aliphatic carbocycles. The molecule has 0 bridgehead atoms. The number of carbonyl (C=O) groups is 1. The lowest BCUT2D eigenvalue weighted by Gasteiger charge is -2.14. The zero-order valence-electron chi connectivity index (χ0n) is 6.47. The predicted molar refractivity (Wildman–Crippen MR) is 40.6 cm³/mol. The van der Waals surface area contributed by atoms with Crippen LogP contribution >= 0.6 is 0 Å². The Balaban J connectivity index is 2.39. The minimum atomic E-state index is -0.178. The van der Waals surface area contributed by atoms with E-state index < -0.39 is 0 Å². The van der Waals surface area contributed by atoms with Crippen molar-refractivity contribution in [1.29, 1.82) is 0 Å². The molecule has 0 saturated heterocycles. The summed E-state index contributed by atoms with van der Waals surface area (Å²) in [6.45, 7) is 1.59. The normalized spacial score (nSPS) is 23.0. The maximum atomic E-state index is 10.8. The largest absolute Gasteiger partial charge is 0.321 e. The second kappa shape index (κ2) is 3.15. The molecule has 0 amide bonds. The fourth-order valence-electron chi connectivity index (χ4n) is 1.65. The van der Waals surface area contributed by atoms with Crippen LogP contribution < -0.4 is 5.73 Å². The molecule has 0 radical (unpaired) electrons. The Labute approximate surface area is 61.8 Å². The van der Waals surface area contributed by atoms with E-state index in [0.717, 1.165) is 12.8 Å². The molecule has 0 unspecified atom stereocenters. The van der Waals surface area contributed by atoms with E-state index in [-0.39, 0.29) is 11.8 Å². The zero-order valence-corrected chi connectivity index (χ0v) is 6.47. The van der Waals surface area contributed by atoms with Crippen molar-refractivity contribution in [3.8, 4) is 0 Å². The van der Waals surface area contributed by atoms with Crippen molar-refractivity contribution in [2.45, 2.75) is 38.6 Å². The van der Waals surface area contributed by atoms with Crippen molar-refractivity contribution in [2.24, 2.45) is 11.7 Å². The Bertz CT molecular complexity index is 127. The van der Waals surface area contributed by atoms with Crippen molar-refractivity contribution >= 4 is 5.78 Å². The van der Waals surface area contributed by atoms with Gasteiger partial charge in [0, 0.05) is 0 Å². The van der Waals surface area contributed by atoms with E-state index in [0.29, 0.717) is 5.92 Å². The highest BCUT2D eigenvalue weighted by Crippen LogP contribution is 2.26. The van der Waals surface area contributed by atoms with E-state index in [2.05, 4.69) is 0 Å². The van der Waals surface area contributed by atoms with Crippen LogP contribution in [0.15, 0.2) is 0 Å². The third-order valence-electron chi connectivity index (χ3n) is 2.38. The minimum absolute atomic E-state index is 0.145. The van der Waals surface area contributed by atoms with Crippen molar-refractivity contribution in [3.63, 3.8) is 0 Å². The topological polar surface area (TPSA) is 43.1 Å². The fourth-order valence-corrected chi connectivity index (χ4v) is 1.65. The van der Waals surface area contributed by atoms with Gasteiger partial charge in [0.25, 0.3) is 0 Å². The first-order valence-corrected chi connectivity index (χ1v) is 3.98. The standard InChI is InChI=1S/C8H15NO/c1-6(10)8(9)7-4-2-3-5-7/h7-8H,2-5,9H2,1H3/t8-/m0/s1. The van der Waals surface area contributed by atoms with Crippen LogP contribution in [-0.4, -0.2) is 11.8 Å². The number of hydrogen-bond donors (Lipinski definition) is 1. The van der Waals surface area contributed by atoms with Crippen LogP contribution in [0.5, 0.6) is 0 Å². The van der Waals surface area contributed by atoms with E-state index in [9.17, 15) is 4.79 Å². The molecule has 1 fully saturated rings. The van der Waals surface area contributed by atoms with Crippen LogP contribution in [0.25, 0.3) is 0 Å². The third kappa shape index (κ3) is 1.57. The molecule has 58 valence electrons. The Morgan fingerprint density at radius 1 is 1.50 bits per heavy atom. The number of carbonyl (C=O) groups excluding carboxylic acids is 1. The van der Waals surface area contributed by atoms with Crippen LogP contribution in [0.1, 0.15) is 32.6 Å². The van der Waals surface area contributed by atoms with Crippen LogP contribution in [0.2, 0.25) is 0 Å². The summed E-state index contributed by atoms with van der Waals surface area (Å²) in [5.74, 6) is 0.629. The molecule has 0 spiro atoms. The van der Waals surface area contributed by atoms with Gasteiger partial charge in [0.1, 0.15) is 5.78 Å². The number of rotatable bonds is 2. The maximum absolute atomic E-state index is 10.8. The highest BCUT2D eigenvalue weighted by molar-refractivity contribution is 5.81. The molecule has 2 nitrogen and oxygen atoms in total. The van der Waals surface area contributed by atoms with Crippen LogP contribution in [-0.2, 0) is 4.79 Å². The summed E-state index contributed by atoms with van der Waals surface area (Å²) in [6, 6.07) is -0.178. The zero-order chi connectivity index (χ0) is 7.56. The Morgan fingerprint density at radius 2 is 2.00 bits per heavy atom. The molecule has 0 aromatic rings. The van der Waals surface area contributed by atoms with E-state index in [4.69, 9.17) is 5.73 Å². The minimum Gasteiger partial charge on any atom is -0.321 e. The van der Waals surface area contributed by atoms with Gasteiger partial charge < -0.3 is 5.73 Å². The first-order chi connectivity index (χ1) is 4.72. The van der Waals surface area contributed by atoms with Gasteiger partial charge in [-0.15, -0.1) is 0 Å². The number of hydrogen-bond acceptors (Lipinski definition) is 2. The maximum Gasteiger partial charge on any atom is 0.146 e. The molecule has 0 aliphatic heterocycles. The summed E-state index contributed by atoms with van der Waals surface area (Å²) in [7, 11) is 0. The average Bonchev–Trinajstić information content (AvgIpc) is 2.36. The second-order valence-corrected chi connectivity index (χ2v) is 3.18. The molecule has 10 heavy (non-hydrogen) atoms. The molecule has 2 N–H and O–H groups in total. The van der Waals surface area contributed by atoms with E-state index in [1.807, 2.05) is 0 Å². The quantitative estimate of drug-likeness (QED) is 0.625. The summed E-state index contributed by atoms with van der Waals surface area (Å²) in [5, 5.41) is 0. The molecule has 0 aromatic carbocycles.